The summed E-state index contributed by atoms with van der Waals surface area (Å²) < 4.78 is 6.96. The molecular weight excluding hydrogens is 392 g/mol. The maximum absolute atomic E-state index is 11.4. The minimum Gasteiger partial charge on any atom is -0.393 e. The maximum atomic E-state index is 11.4. The summed E-state index contributed by atoms with van der Waals surface area (Å²) in [6.07, 6.45) is 22.3. The van der Waals surface area contributed by atoms with Crippen LogP contribution in [0, 0.1) is 53.3 Å². The minimum atomic E-state index is -0.0663. The molecule has 0 aromatic carbocycles. The monoisotopic (exact) mass is 444 g/mol. The summed E-state index contributed by atoms with van der Waals surface area (Å²) in [5, 5.41) is 11.4. The van der Waals surface area contributed by atoms with Crippen molar-refractivity contribution < 1.29 is 9.84 Å². The second-order valence-corrected chi connectivity index (χ2v) is 13.2. The van der Waals surface area contributed by atoms with Crippen molar-refractivity contribution in [3.8, 4) is 0 Å². The zero-order valence-corrected chi connectivity index (χ0v) is 21.2. The van der Waals surface area contributed by atoms with Gasteiger partial charge < -0.3 is 9.84 Å². The van der Waals surface area contributed by atoms with Crippen LogP contribution in [0.2, 0.25) is 0 Å². The van der Waals surface area contributed by atoms with Gasteiger partial charge in [-0.25, -0.2) is 0 Å². The molecule has 2 nitrogen and oxygen atoms in total. The highest BCUT2D eigenvalue weighted by molar-refractivity contribution is 5.01. The summed E-state index contributed by atoms with van der Waals surface area (Å²) in [7, 11) is 0. The van der Waals surface area contributed by atoms with Gasteiger partial charge in [-0.15, -0.1) is 0 Å². The average Bonchev–Trinajstić information content (AvgIpc) is 2.83. The third-order valence-electron chi connectivity index (χ3n) is 11.3. The van der Waals surface area contributed by atoms with Crippen LogP contribution < -0.4 is 0 Å². The fraction of sp³-hybridized carbons (Fsp3) is 1.00. The standard InChI is InChI=1S/C30H52O2/c1-20-11-13-22(14-12-20)21(2)19-32-28-18-16-24-8-4-6-10-26(24)30(28)29-25-9-5-3-7-23(25)15-17-27(29)31/h20-31H,3-19H2,1-2H3. The van der Waals surface area contributed by atoms with Crippen molar-refractivity contribution in [2.45, 2.75) is 129 Å². The molecule has 5 aliphatic rings. The molecule has 0 spiro atoms. The molecule has 0 saturated heterocycles. The van der Waals surface area contributed by atoms with Gasteiger partial charge in [-0.2, -0.15) is 0 Å². The fourth-order valence-corrected chi connectivity index (χ4v) is 9.45. The molecule has 184 valence electrons. The van der Waals surface area contributed by atoms with Crippen molar-refractivity contribution in [3.05, 3.63) is 0 Å². The highest BCUT2D eigenvalue weighted by Gasteiger charge is 2.51. The van der Waals surface area contributed by atoms with E-state index in [2.05, 4.69) is 13.8 Å². The molecule has 5 aliphatic carbocycles. The second kappa shape index (κ2) is 10.7. The van der Waals surface area contributed by atoms with E-state index in [1.807, 2.05) is 0 Å². The average molecular weight is 445 g/mol. The topological polar surface area (TPSA) is 29.5 Å². The van der Waals surface area contributed by atoms with E-state index in [-0.39, 0.29) is 6.10 Å². The molecule has 0 aromatic rings. The van der Waals surface area contributed by atoms with Gasteiger partial charge >= 0.3 is 0 Å². The zero-order chi connectivity index (χ0) is 22.1. The van der Waals surface area contributed by atoms with Crippen molar-refractivity contribution in [2.24, 2.45) is 53.3 Å². The van der Waals surface area contributed by atoms with Crippen LogP contribution >= 0.6 is 0 Å². The zero-order valence-electron chi connectivity index (χ0n) is 21.2. The van der Waals surface area contributed by atoms with Crippen LogP contribution in [0.4, 0.5) is 0 Å². The van der Waals surface area contributed by atoms with E-state index < -0.39 is 0 Å². The van der Waals surface area contributed by atoms with E-state index in [0.29, 0.717) is 23.9 Å². The van der Waals surface area contributed by atoms with Crippen LogP contribution in [0.1, 0.15) is 117 Å². The smallest absolute Gasteiger partial charge is 0.0610 e. The number of fused-ring (bicyclic) bond motifs is 2. The molecule has 5 fully saturated rings. The predicted molar refractivity (Wildman–Crippen MR) is 132 cm³/mol. The Hall–Kier alpha value is -0.0800. The van der Waals surface area contributed by atoms with E-state index in [1.165, 1.54) is 96.3 Å². The number of rotatable bonds is 5. The molecule has 2 heteroatoms. The van der Waals surface area contributed by atoms with Crippen molar-refractivity contribution in [1.82, 2.24) is 0 Å². The highest BCUT2D eigenvalue weighted by Crippen LogP contribution is 2.55. The first-order chi connectivity index (χ1) is 15.6. The molecule has 9 unspecified atom stereocenters. The Morgan fingerprint density at radius 1 is 0.688 bits per heavy atom. The van der Waals surface area contributed by atoms with Gasteiger partial charge in [-0.3, -0.25) is 0 Å². The van der Waals surface area contributed by atoms with Gasteiger partial charge in [-0.05, 0) is 105 Å². The Bertz CT molecular complexity index is 581. The Balaban J connectivity index is 1.31. The SMILES string of the molecule is CC1CCC(C(C)COC2CCC3CCCCC3C2C2C(O)CCC3CCCCC32)CC1. The summed E-state index contributed by atoms with van der Waals surface area (Å²) >= 11 is 0. The van der Waals surface area contributed by atoms with Gasteiger partial charge in [0.2, 0.25) is 0 Å². The predicted octanol–water partition coefficient (Wildman–Crippen LogP) is 7.63. The normalized spacial score (nSPS) is 48.5. The van der Waals surface area contributed by atoms with E-state index >= 15 is 0 Å². The quantitative estimate of drug-likeness (QED) is 0.472. The first kappa shape index (κ1) is 23.7. The lowest BCUT2D eigenvalue weighted by atomic mass is 9.53. The Kier molecular flexibility index (Phi) is 7.89. The first-order valence-electron chi connectivity index (χ1n) is 14.9. The summed E-state index contributed by atoms with van der Waals surface area (Å²) in [4.78, 5) is 0. The number of aliphatic hydroxyl groups is 1. The van der Waals surface area contributed by atoms with Gasteiger partial charge in [0.25, 0.3) is 0 Å². The van der Waals surface area contributed by atoms with Crippen LogP contribution in [0.25, 0.3) is 0 Å². The second-order valence-electron chi connectivity index (χ2n) is 13.2. The molecule has 32 heavy (non-hydrogen) atoms. The third kappa shape index (κ3) is 4.98. The molecular formula is C30H52O2. The lowest BCUT2D eigenvalue weighted by Gasteiger charge is -2.55. The summed E-state index contributed by atoms with van der Waals surface area (Å²) in [5.74, 6) is 7.08. The van der Waals surface area contributed by atoms with Crippen LogP contribution in [0.3, 0.4) is 0 Å². The molecule has 5 saturated carbocycles. The molecule has 9 atom stereocenters. The van der Waals surface area contributed by atoms with Crippen molar-refractivity contribution in [3.63, 3.8) is 0 Å². The van der Waals surface area contributed by atoms with E-state index in [1.54, 1.807) is 0 Å². The molecule has 0 heterocycles. The van der Waals surface area contributed by atoms with Crippen molar-refractivity contribution in [2.75, 3.05) is 6.61 Å². The number of hydrogen-bond donors (Lipinski definition) is 1. The first-order valence-corrected chi connectivity index (χ1v) is 14.9. The summed E-state index contributed by atoms with van der Waals surface area (Å²) in [5.41, 5.74) is 0. The van der Waals surface area contributed by atoms with Gasteiger partial charge in [0.15, 0.2) is 0 Å². The van der Waals surface area contributed by atoms with Gasteiger partial charge in [-0.1, -0.05) is 65.2 Å². The Labute approximate surface area is 198 Å². The fourth-order valence-electron chi connectivity index (χ4n) is 9.45. The lowest BCUT2D eigenvalue weighted by molar-refractivity contribution is -0.146. The van der Waals surface area contributed by atoms with Crippen LogP contribution in [-0.2, 0) is 4.74 Å². The maximum Gasteiger partial charge on any atom is 0.0610 e. The van der Waals surface area contributed by atoms with Crippen LogP contribution in [0.5, 0.6) is 0 Å². The Morgan fingerprint density at radius 3 is 1.97 bits per heavy atom. The molecule has 0 radical (unpaired) electrons. The number of ether oxygens (including phenoxy) is 1. The van der Waals surface area contributed by atoms with Gasteiger partial charge in [0, 0.05) is 6.61 Å². The van der Waals surface area contributed by atoms with Crippen LogP contribution in [0.15, 0.2) is 0 Å². The summed E-state index contributed by atoms with van der Waals surface area (Å²) in [6.45, 7) is 5.86. The van der Waals surface area contributed by atoms with Gasteiger partial charge in [0.1, 0.15) is 0 Å². The lowest BCUT2D eigenvalue weighted by Crippen LogP contribution is -2.53. The van der Waals surface area contributed by atoms with E-state index in [9.17, 15) is 5.11 Å². The number of hydrogen-bond acceptors (Lipinski definition) is 2. The molecule has 0 aromatic heterocycles. The van der Waals surface area contributed by atoms with Crippen LogP contribution in [-0.4, -0.2) is 23.9 Å². The molecule has 0 bridgehead atoms. The third-order valence-corrected chi connectivity index (χ3v) is 11.3. The largest absolute Gasteiger partial charge is 0.393 e. The number of aliphatic hydroxyl groups excluding tert-OH is 1. The van der Waals surface area contributed by atoms with Crippen molar-refractivity contribution in [1.29, 1.82) is 0 Å². The van der Waals surface area contributed by atoms with Crippen molar-refractivity contribution >= 4 is 0 Å². The molecule has 1 N–H and O–H groups in total. The molecule has 0 aliphatic heterocycles. The summed E-state index contributed by atoms with van der Waals surface area (Å²) in [6, 6.07) is 0. The highest BCUT2D eigenvalue weighted by atomic mass is 16.5. The van der Waals surface area contributed by atoms with E-state index in [4.69, 9.17) is 4.74 Å². The molecule has 5 rings (SSSR count). The van der Waals surface area contributed by atoms with Gasteiger partial charge in [0.05, 0.1) is 12.2 Å². The minimum absolute atomic E-state index is 0.0663. The van der Waals surface area contributed by atoms with E-state index in [0.717, 1.165) is 48.5 Å². The Morgan fingerprint density at radius 2 is 1.28 bits per heavy atom. The molecule has 0 amide bonds.